The van der Waals surface area contributed by atoms with Crippen molar-refractivity contribution in [3.63, 3.8) is 0 Å². The summed E-state index contributed by atoms with van der Waals surface area (Å²) in [6, 6.07) is 31.4. The molecule has 0 spiro atoms. The number of halogens is 1. The van der Waals surface area contributed by atoms with Crippen molar-refractivity contribution in [2.75, 3.05) is 45.1 Å². The van der Waals surface area contributed by atoms with Gasteiger partial charge in [0.25, 0.3) is 0 Å². The van der Waals surface area contributed by atoms with Crippen molar-refractivity contribution < 1.29 is 9.59 Å². The van der Waals surface area contributed by atoms with E-state index in [-0.39, 0.29) is 23.7 Å². The molecule has 4 rings (SSSR count). The van der Waals surface area contributed by atoms with Crippen LogP contribution in [-0.2, 0) is 16.0 Å². The molecular formula is C33H40ClN3O2. The second-order valence-electron chi connectivity index (χ2n) is 10.9. The van der Waals surface area contributed by atoms with Gasteiger partial charge in [0.05, 0.1) is 11.5 Å². The van der Waals surface area contributed by atoms with Gasteiger partial charge in [-0.25, -0.2) is 0 Å². The Kier molecular flexibility index (Phi) is 10.2. The fourth-order valence-corrected chi connectivity index (χ4v) is 5.33. The van der Waals surface area contributed by atoms with Gasteiger partial charge in [-0.2, -0.15) is 0 Å². The van der Waals surface area contributed by atoms with E-state index in [4.69, 9.17) is 11.6 Å². The Labute approximate surface area is 238 Å². The molecule has 39 heavy (non-hydrogen) atoms. The van der Waals surface area contributed by atoms with Crippen LogP contribution < -0.4 is 0 Å². The number of rotatable bonds is 11. The minimum absolute atomic E-state index is 0.000357. The van der Waals surface area contributed by atoms with Crippen LogP contribution in [0.25, 0.3) is 0 Å². The van der Waals surface area contributed by atoms with Gasteiger partial charge in [-0.3, -0.25) is 14.5 Å². The molecule has 0 N–H and O–H groups in total. The van der Waals surface area contributed by atoms with Crippen LogP contribution in [0.3, 0.4) is 0 Å². The zero-order chi connectivity index (χ0) is 27.7. The van der Waals surface area contributed by atoms with E-state index in [0.29, 0.717) is 32.6 Å². The highest BCUT2D eigenvalue weighted by molar-refractivity contribution is 6.19. The Morgan fingerprint density at radius 1 is 0.795 bits per heavy atom. The highest BCUT2D eigenvalue weighted by atomic mass is 35.5. The van der Waals surface area contributed by atoms with Gasteiger partial charge in [0.15, 0.2) is 0 Å². The number of alkyl halides is 1. The average Bonchev–Trinajstić information content (AvgIpc) is 2.99. The molecule has 1 saturated heterocycles. The first kappa shape index (κ1) is 28.8. The molecule has 0 saturated carbocycles. The van der Waals surface area contributed by atoms with Gasteiger partial charge in [-0.1, -0.05) is 91.0 Å². The topological polar surface area (TPSA) is 43.9 Å². The smallest absolute Gasteiger partial charge is 0.229 e. The standard InChI is InChI=1S/C33H40ClN3O2/c1-33(2,26-34)32(39)37(20-18-27-12-6-3-7-13-27)21-19-30(38)35-22-24-36(25-23-35)31(28-14-8-4-9-15-28)29-16-10-5-11-17-29/h3-17,31H,18-26H2,1-2H3. The summed E-state index contributed by atoms with van der Waals surface area (Å²) in [4.78, 5) is 32.8. The fourth-order valence-electron chi connectivity index (χ4n) is 5.21. The lowest BCUT2D eigenvalue weighted by Gasteiger charge is -2.40. The Morgan fingerprint density at radius 3 is 1.82 bits per heavy atom. The van der Waals surface area contributed by atoms with Crippen LogP contribution in [0.4, 0.5) is 0 Å². The fraction of sp³-hybridized carbons (Fsp3) is 0.394. The molecule has 1 aliphatic rings. The van der Waals surface area contributed by atoms with Crippen molar-refractivity contribution in [1.82, 2.24) is 14.7 Å². The Bertz CT molecular complexity index is 1140. The largest absolute Gasteiger partial charge is 0.341 e. The lowest BCUT2D eigenvalue weighted by Crippen LogP contribution is -2.51. The molecule has 2 amide bonds. The molecule has 5 nitrogen and oxygen atoms in total. The molecular weight excluding hydrogens is 506 g/mol. The molecule has 6 heteroatoms. The first-order chi connectivity index (χ1) is 18.9. The maximum absolute atomic E-state index is 13.3. The molecule has 0 aliphatic carbocycles. The van der Waals surface area contributed by atoms with Gasteiger partial charge < -0.3 is 9.80 Å². The molecule has 0 aromatic heterocycles. The van der Waals surface area contributed by atoms with E-state index < -0.39 is 5.41 Å². The van der Waals surface area contributed by atoms with Gasteiger partial charge >= 0.3 is 0 Å². The van der Waals surface area contributed by atoms with Crippen molar-refractivity contribution >= 4 is 23.4 Å². The number of amides is 2. The van der Waals surface area contributed by atoms with E-state index in [1.54, 1.807) is 0 Å². The third-order valence-corrected chi connectivity index (χ3v) is 8.24. The minimum atomic E-state index is -0.670. The van der Waals surface area contributed by atoms with Crippen LogP contribution in [0.1, 0.15) is 43.0 Å². The second kappa shape index (κ2) is 13.8. The monoisotopic (exact) mass is 545 g/mol. The molecule has 3 aromatic carbocycles. The van der Waals surface area contributed by atoms with Crippen molar-refractivity contribution in [2.45, 2.75) is 32.7 Å². The highest BCUT2D eigenvalue weighted by Gasteiger charge is 2.32. The highest BCUT2D eigenvalue weighted by Crippen LogP contribution is 2.29. The number of benzene rings is 3. The Morgan fingerprint density at radius 2 is 1.31 bits per heavy atom. The van der Waals surface area contributed by atoms with Gasteiger partial charge in [-0.15, -0.1) is 11.6 Å². The van der Waals surface area contributed by atoms with Gasteiger partial charge in [0.2, 0.25) is 11.8 Å². The number of carbonyl (C=O) groups excluding carboxylic acids is 2. The maximum Gasteiger partial charge on any atom is 0.229 e. The summed E-state index contributed by atoms with van der Waals surface area (Å²) < 4.78 is 0. The molecule has 3 aromatic rings. The van der Waals surface area contributed by atoms with E-state index >= 15 is 0 Å². The predicted octanol–water partition coefficient (Wildman–Crippen LogP) is 5.65. The number of hydrogen-bond donors (Lipinski definition) is 0. The summed E-state index contributed by atoms with van der Waals surface area (Å²) in [5.74, 6) is 0.347. The lowest BCUT2D eigenvalue weighted by molar-refractivity contribution is -0.140. The third-order valence-electron chi connectivity index (χ3n) is 7.57. The second-order valence-corrected chi connectivity index (χ2v) is 11.2. The molecule has 0 unspecified atom stereocenters. The molecule has 1 heterocycles. The van der Waals surface area contributed by atoms with E-state index in [9.17, 15) is 9.59 Å². The minimum Gasteiger partial charge on any atom is -0.341 e. The van der Waals surface area contributed by atoms with Crippen LogP contribution >= 0.6 is 11.6 Å². The summed E-state index contributed by atoms with van der Waals surface area (Å²) in [7, 11) is 0. The first-order valence-electron chi connectivity index (χ1n) is 13.9. The van der Waals surface area contributed by atoms with E-state index in [0.717, 1.165) is 19.5 Å². The molecule has 0 atom stereocenters. The molecule has 1 fully saturated rings. The number of carbonyl (C=O) groups is 2. The van der Waals surface area contributed by atoms with Crippen LogP contribution in [0.2, 0.25) is 0 Å². The quantitative estimate of drug-likeness (QED) is 0.293. The average molecular weight is 546 g/mol. The molecule has 206 valence electrons. The Balaban J connectivity index is 1.37. The summed E-state index contributed by atoms with van der Waals surface area (Å²) in [5.41, 5.74) is 3.03. The van der Waals surface area contributed by atoms with Crippen molar-refractivity contribution in [1.29, 1.82) is 0 Å². The zero-order valence-electron chi connectivity index (χ0n) is 23.1. The summed E-state index contributed by atoms with van der Waals surface area (Å²) >= 11 is 6.13. The third kappa shape index (κ3) is 7.71. The van der Waals surface area contributed by atoms with E-state index in [1.165, 1.54) is 16.7 Å². The van der Waals surface area contributed by atoms with Gasteiger partial charge in [0.1, 0.15) is 0 Å². The zero-order valence-corrected chi connectivity index (χ0v) is 23.9. The normalized spacial score (nSPS) is 14.4. The number of hydrogen-bond acceptors (Lipinski definition) is 3. The van der Waals surface area contributed by atoms with Crippen molar-refractivity contribution in [3.8, 4) is 0 Å². The van der Waals surface area contributed by atoms with Gasteiger partial charge in [-0.05, 0) is 37.0 Å². The molecule has 0 radical (unpaired) electrons. The molecule has 0 bridgehead atoms. The van der Waals surface area contributed by atoms with Crippen LogP contribution in [0, 0.1) is 5.41 Å². The van der Waals surface area contributed by atoms with Gasteiger partial charge in [0, 0.05) is 51.6 Å². The number of nitrogens with zero attached hydrogens (tertiary/aromatic N) is 3. The van der Waals surface area contributed by atoms with Crippen LogP contribution in [0.5, 0.6) is 0 Å². The van der Waals surface area contributed by atoms with Crippen LogP contribution in [0.15, 0.2) is 91.0 Å². The number of piperazine rings is 1. The van der Waals surface area contributed by atoms with E-state index in [2.05, 4.69) is 65.6 Å². The lowest BCUT2D eigenvalue weighted by atomic mass is 9.94. The maximum atomic E-state index is 13.3. The Hall–Kier alpha value is -3.15. The van der Waals surface area contributed by atoms with E-state index in [1.807, 2.05) is 54.0 Å². The summed E-state index contributed by atoms with van der Waals surface area (Å²) in [5, 5.41) is 0. The van der Waals surface area contributed by atoms with Crippen molar-refractivity contribution in [2.24, 2.45) is 5.41 Å². The van der Waals surface area contributed by atoms with Crippen molar-refractivity contribution in [3.05, 3.63) is 108 Å². The SMILES string of the molecule is CC(C)(CCl)C(=O)N(CCC(=O)N1CCN(C(c2ccccc2)c2ccccc2)CC1)CCc1ccccc1. The van der Waals surface area contributed by atoms with Crippen LogP contribution in [-0.4, -0.2) is 71.7 Å². The summed E-state index contributed by atoms with van der Waals surface area (Å²) in [6.45, 7) is 7.68. The molecule has 1 aliphatic heterocycles. The summed E-state index contributed by atoms with van der Waals surface area (Å²) in [6.07, 6.45) is 1.07. The predicted molar refractivity (Wildman–Crippen MR) is 159 cm³/mol. The first-order valence-corrected chi connectivity index (χ1v) is 14.4.